The molecule has 1 heterocycles. The summed E-state index contributed by atoms with van der Waals surface area (Å²) in [4.78, 5) is 0. The molecule has 2 aromatic carbocycles. The first kappa shape index (κ1) is 24.0. The maximum Gasteiger partial charge on any atom is 0.0795 e. The van der Waals surface area contributed by atoms with E-state index in [-0.39, 0.29) is 0 Å². The molecule has 0 amide bonds. The smallest absolute Gasteiger partial charge is 0.0712 e. The molecule has 0 aliphatic carbocycles. The second-order valence-electron chi connectivity index (χ2n) is 11.8. The highest BCUT2D eigenvalue weighted by Gasteiger charge is 2.49. The van der Waals surface area contributed by atoms with Crippen LogP contribution in [0.4, 0.5) is 0 Å². The Labute approximate surface area is 190 Å². The van der Waals surface area contributed by atoms with Gasteiger partial charge in [-0.3, -0.25) is 0 Å². The van der Waals surface area contributed by atoms with Crippen molar-refractivity contribution in [2.24, 2.45) is 0 Å². The van der Waals surface area contributed by atoms with Crippen LogP contribution in [0, 0.1) is 0 Å². The van der Waals surface area contributed by atoms with E-state index in [1.807, 2.05) is 0 Å². The zero-order chi connectivity index (χ0) is 21.9. The van der Waals surface area contributed by atoms with Gasteiger partial charge in [-0.15, -0.1) is 0 Å². The molecule has 0 atom stereocenters. The maximum atomic E-state index is 2.68. The Balaban J connectivity index is 1.92. The molecule has 0 saturated carbocycles. The molecule has 0 unspecified atom stereocenters. The van der Waals surface area contributed by atoms with E-state index >= 15 is 0 Å². The molecule has 1 aliphatic rings. The Morgan fingerprint density at radius 1 is 0.467 bits per heavy atom. The van der Waals surface area contributed by atoms with Crippen molar-refractivity contribution in [3.05, 3.63) is 60.7 Å². The lowest BCUT2D eigenvalue weighted by atomic mass is 10.3. The van der Waals surface area contributed by atoms with Gasteiger partial charge in [-0.1, -0.05) is 160 Å². The van der Waals surface area contributed by atoms with E-state index in [1.54, 1.807) is 10.4 Å². The number of rotatable bonds is 4. The Hall–Kier alpha value is -0.692. The Bertz CT molecular complexity index is 706. The molecule has 0 aromatic heterocycles. The summed E-state index contributed by atoms with van der Waals surface area (Å²) in [5.74, 6) is 0. The van der Waals surface area contributed by atoms with Crippen molar-refractivity contribution in [1.82, 2.24) is 0 Å². The zero-order valence-electron chi connectivity index (χ0n) is 20.4. The minimum atomic E-state index is -1.40. The summed E-state index contributed by atoms with van der Waals surface area (Å²) < 4.78 is 0. The third-order valence-corrected chi connectivity index (χ3v) is 43.8. The largest absolute Gasteiger partial charge is 0.0795 e. The molecule has 2 aromatic rings. The van der Waals surface area contributed by atoms with E-state index in [2.05, 4.69) is 99.9 Å². The molecule has 1 aliphatic heterocycles. The summed E-state index contributed by atoms with van der Waals surface area (Å²) in [6, 6.07) is 29.8. The monoisotopic (exact) mass is 468 g/mol. The normalized spacial score (nSPS) is 26.9. The predicted molar refractivity (Wildman–Crippen MR) is 148 cm³/mol. The van der Waals surface area contributed by atoms with Gasteiger partial charge in [0.1, 0.15) is 0 Å². The molecule has 0 spiro atoms. The average Bonchev–Trinajstić information content (AvgIpc) is 2.71. The highest BCUT2D eigenvalue weighted by Crippen LogP contribution is 2.37. The second-order valence-corrected chi connectivity index (χ2v) is 43.0. The summed E-state index contributed by atoms with van der Waals surface area (Å²) in [6.07, 6.45) is 5.88. The molecular weight excluding hydrogens is 425 g/mol. The summed E-state index contributed by atoms with van der Waals surface area (Å²) in [5, 5.41) is 3.56. The van der Waals surface area contributed by atoms with E-state index in [4.69, 9.17) is 0 Å². The molecule has 0 bridgehead atoms. The summed E-state index contributed by atoms with van der Waals surface area (Å²) in [6.45, 7) is 16.1. The van der Waals surface area contributed by atoms with Crippen LogP contribution >= 0.6 is 0 Å². The van der Waals surface area contributed by atoms with E-state index in [0.29, 0.717) is 0 Å². The van der Waals surface area contributed by atoms with Gasteiger partial charge < -0.3 is 0 Å². The van der Waals surface area contributed by atoms with E-state index < -0.39 is 30.4 Å². The van der Waals surface area contributed by atoms with Crippen LogP contribution in [-0.2, 0) is 0 Å². The highest BCUT2D eigenvalue weighted by atomic mass is 29.3. The third-order valence-electron chi connectivity index (χ3n) is 8.44. The van der Waals surface area contributed by atoms with Crippen LogP contribution in [0.15, 0.2) is 60.7 Å². The Morgan fingerprint density at radius 2 is 0.733 bits per heavy atom. The first-order valence-electron chi connectivity index (χ1n) is 12.2. The molecule has 1 fully saturated rings. The third kappa shape index (κ3) is 4.72. The van der Waals surface area contributed by atoms with Crippen LogP contribution in [-0.4, -0.2) is 30.4 Å². The van der Waals surface area contributed by atoms with Crippen LogP contribution in [0.1, 0.15) is 25.7 Å². The summed E-state index contributed by atoms with van der Waals surface area (Å²) in [5.41, 5.74) is 0. The highest BCUT2D eigenvalue weighted by molar-refractivity contribution is 7.46. The fraction of sp³-hybridized carbons (Fsp3) is 0.538. The number of hydrogen-bond acceptors (Lipinski definition) is 0. The zero-order valence-corrected chi connectivity index (χ0v) is 24.4. The summed E-state index contributed by atoms with van der Waals surface area (Å²) >= 11 is 0. The lowest BCUT2D eigenvalue weighted by molar-refractivity contribution is 0.802. The first-order chi connectivity index (χ1) is 14.1. The van der Waals surface area contributed by atoms with Crippen LogP contribution in [0.5, 0.6) is 0 Å². The molecule has 1 saturated heterocycles. The Kier molecular flexibility index (Phi) is 7.53. The van der Waals surface area contributed by atoms with Gasteiger partial charge in [0.2, 0.25) is 0 Å². The standard InChI is InChI=1S/C26H44Si4/c1-27(2,3)29(25-17-9-7-10-18-25)21-13-15-23-30(28(4,5)6,24-16-14-22-29)26-19-11-8-12-20-26/h7-12,17-20H,13-16,21-24H2,1-6H3. The molecular formula is C26H44Si4. The van der Waals surface area contributed by atoms with Gasteiger partial charge in [0.05, 0.1) is 15.2 Å². The fourth-order valence-electron chi connectivity index (χ4n) is 6.41. The molecule has 0 radical (unpaired) electrons. The van der Waals surface area contributed by atoms with Crippen molar-refractivity contribution < 1.29 is 0 Å². The molecule has 30 heavy (non-hydrogen) atoms. The van der Waals surface area contributed by atoms with Crippen LogP contribution in [0.25, 0.3) is 0 Å². The van der Waals surface area contributed by atoms with E-state index in [1.165, 1.54) is 49.9 Å². The predicted octanol–water partition coefficient (Wildman–Crippen LogP) is 7.11. The molecule has 3 rings (SSSR count). The quantitative estimate of drug-likeness (QED) is 0.419. The van der Waals surface area contributed by atoms with Crippen molar-refractivity contribution in [3.63, 3.8) is 0 Å². The maximum absolute atomic E-state index is 2.68. The first-order valence-corrected chi connectivity index (χ1v) is 26.1. The summed E-state index contributed by atoms with van der Waals surface area (Å²) in [7, 11) is -5.24. The van der Waals surface area contributed by atoms with E-state index in [0.717, 1.165) is 0 Å². The molecule has 4 heteroatoms. The van der Waals surface area contributed by atoms with Gasteiger partial charge in [0.15, 0.2) is 0 Å². The lowest BCUT2D eigenvalue weighted by Gasteiger charge is -2.46. The van der Waals surface area contributed by atoms with Crippen molar-refractivity contribution in [1.29, 1.82) is 0 Å². The van der Waals surface area contributed by atoms with Gasteiger partial charge >= 0.3 is 0 Å². The minimum Gasteiger partial charge on any atom is -0.0712 e. The fourth-order valence-corrected chi connectivity index (χ4v) is 35.2. The van der Waals surface area contributed by atoms with Crippen molar-refractivity contribution >= 4 is 40.7 Å². The molecule has 0 nitrogen and oxygen atoms in total. The Morgan fingerprint density at radius 3 is 0.967 bits per heavy atom. The van der Waals surface area contributed by atoms with Crippen molar-refractivity contribution in [2.45, 2.75) is 89.1 Å². The molecule has 164 valence electrons. The number of hydrogen-bond donors (Lipinski definition) is 0. The van der Waals surface area contributed by atoms with Gasteiger partial charge in [0, 0.05) is 15.2 Å². The van der Waals surface area contributed by atoms with Crippen LogP contribution in [0.2, 0.25) is 63.5 Å². The van der Waals surface area contributed by atoms with E-state index in [9.17, 15) is 0 Å². The second kappa shape index (κ2) is 9.43. The minimum absolute atomic E-state index is 1.22. The van der Waals surface area contributed by atoms with Crippen molar-refractivity contribution in [3.8, 4) is 0 Å². The number of benzene rings is 2. The van der Waals surface area contributed by atoms with Gasteiger partial charge in [0.25, 0.3) is 0 Å². The van der Waals surface area contributed by atoms with Gasteiger partial charge in [-0.25, -0.2) is 0 Å². The van der Waals surface area contributed by atoms with Crippen LogP contribution < -0.4 is 10.4 Å². The van der Waals surface area contributed by atoms with Gasteiger partial charge in [-0.05, 0) is 0 Å². The SMILES string of the molecule is C[Si](C)(C)[Si]1(c2ccccc2)CCCC[Si](c2ccccc2)([Si](C)(C)C)CCCC1. The topological polar surface area (TPSA) is 0 Å². The lowest BCUT2D eigenvalue weighted by Crippen LogP contribution is -2.67. The molecule has 0 N–H and O–H groups in total. The van der Waals surface area contributed by atoms with Gasteiger partial charge in [-0.2, -0.15) is 0 Å². The van der Waals surface area contributed by atoms with Crippen LogP contribution in [0.3, 0.4) is 0 Å². The average molecular weight is 469 g/mol. The van der Waals surface area contributed by atoms with Crippen molar-refractivity contribution in [2.75, 3.05) is 0 Å².